The third-order valence-electron chi connectivity index (χ3n) is 1.90. The third-order valence-corrected chi connectivity index (χ3v) is 2.45. The topological polar surface area (TPSA) is 96.8 Å². The molecule has 7 nitrogen and oxygen atoms in total. The van der Waals surface area contributed by atoms with Crippen molar-refractivity contribution in [3.05, 3.63) is 24.0 Å². The van der Waals surface area contributed by atoms with Crippen LogP contribution >= 0.6 is 0 Å². The average Bonchev–Trinajstić information content (AvgIpc) is 2.25. The van der Waals surface area contributed by atoms with Gasteiger partial charge < -0.3 is 5.11 Å². The van der Waals surface area contributed by atoms with Crippen LogP contribution in [0.4, 0.5) is 10.5 Å². The number of pyridine rings is 1. The first-order valence-electron chi connectivity index (χ1n) is 4.55. The summed E-state index contributed by atoms with van der Waals surface area (Å²) in [5.74, 6) is 0. The zero-order chi connectivity index (χ0) is 13.1. The highest BCUT2D eigenvalue weighted by molar-refractivity contribution is 7.85. The van der Waals surface area contributed by atoms with E-state index < -0.39 is 16.2 Å². The van der Waals surface area contributed by atoms with Crippen molar-refractivity contribution in [2.75, 3.05) is 18.2 Å². The van der Waals surface area contributed by atoms with E-state index in [0.29, 0.717) is 11.4 Å². The molecule has 1 amide bonds. The fraction of sp³-hybridized carbons (Fsp3) is 0.333. The molecule has 0 spiro atoms. The number of rotatable bonds is 4. The van der Waals surface area contributed by atoms with E-state index in [2.05, 4.69) is 9.17 Å². The lowest BCUT2D eigenvalue weighted by molar-refractivity contribution is 0.203. The van der Waals surface area contributed by atoms with Crippen LogP contribution in [0.3, 0.4) is 0 Å². The van der Waals surface area contributed by atoms with Gasteiger partial charge in [0.1, 0.15) is 6.61 Å². The van der Waals surface area contributed by atoms with Crippen LogP contribution < -0.4 is 4.90 Å². The summed E-state index contributed by atoms with van der Waals surface area (Å²) < 4.78 is 26.0. The van der Waals surface area contributed by atoms with E-state index in [1.54, 1.807) is 0 Å². The molecule has 0 radical (unpaired) electrons. The minimum atomic E-state index is -3.51. The predicted molar refractivity (Wildman–Crippen MR) is 60.3 cm³/mol. The molecule has 1 rings (SSSR count). The summed E-state index contributed by atoms with van der Waals surface area (Å²) in [6.07, 6.45) is 1.17. The average molecular weight is 260 g/mol. The molecule has 1 aromatic heterocycles. The Bertz CT molecular complexity index is 497. The van der Waals surface area contributed by atoms with E-state index in [4.69, 9.17) is 5.11 Å². The SMILES string of the molecule is CN(C(=O)O)c1ccc(COS(C)(=O)=O)nc1. The molecule has 0 unspecified atom stereocenters. The van der Waals surface area contributed by atoms with Gasteiger partial charge in [-0.3, -0.25) is 14.1 Å². The highest BCUT2D eigenvalue weighted by atomic mass is 32.2. The van der Waals surface area contributed by atoms with E-state index in [1.165, 1.54) is 25.4 Å². The number of carbonyl (C=O) groups is 1. The molecule has 0 bridgehead atoms. The monoisotopic (exact) mass is 260 g/mol. The maximum atomic E-state index is 10.7. The normalized spacial score (nSPS) is 11.2. The van der Waals surface area contributed by atoms with Crippen molar-refractivity contribution >= 4 is 21.9 Å². The summed E-state index contributed by atoms with van der Waals surface area (Å²) in [6.45, 7) is -0.171. The first-order valence-corrected chi connectivity index (χ1v) is 6.37. The molecule has 0 saturated carbocycles. The van der Waals surface area contributed by atoms with Crippen molar-refractivity contribution < 1.29 is 22.5 Å². The number of carboxylic acid groups (broad SMARTS) is 1. The van der Waals surface area contributed by atoms with E-state index in [9.17, 15) is 13.2 Å². The Morgan fingerprint density at radius 1 is 1.53 bits per heavy atom. The fourth-order valence-corrected chi connectivity index (χ4v) is 1.31. The first-order chi connectivity index (χ1) is 7.79. The van der Waals surface area contributed by atoms with Crippen LogP contribution in [0, 0.1) is 0 Å². The van der Waals surface area contributed by atoms with Crippen LogP contribution in [0.25, 0.3) is 0 Å². The summed E-state index contributed by atoms with van der Waals surface area (Å²) in [5, 5.41) is 8.71. The van der Waals surface area contributed by atoms with Crippen LogP contribution in [-0.4, -0.2) is 37.9 Å². The van der Waals surface area contributed by atoms with Gasteiger partial charge in [0.05, 0.1) is 23.8 Å². The molecule has 0 aromatic carbocycles. The van der Waals surface area contributed by atoms with E-state index in [-0.39, 0.29) is 6.61 Å². The summed E-state index contributed by atoms with van der Waals surface area (Å²) in [4.78, 5) is 15.5. The minimum Gasteiger partial charge on any atom is -0.465 e. The number of aromatic nitrogens is 1. The Balaban J connectivity index is 2.72. The van der Waals surface area contributed by atoms with Gasteiger partial charge in [-0.1, -0.05) is 0 Å². The second-order valence-corrected chi connectivity index (χ2v) is 4.96. The molecule has 0 saturated heterocycles. The second kappa shape index (κ2) is 5.11. The number of hydrogen-bond donors (Lipinski definition) is 1. The Morgan fingerprint density at radius 3 is 2.59 bits per heavy atom. The van der Waals surface area contributed by atoms with Crippen LogP contribution in [0.5, 0.6) is 0 Å². The van der Waals surface area contributed by atoms with E-state index in [1.807, 2.05) is 0 Å². The lowest BCUT2D eigenvalue weighted by atomic mass is 10.3. The third kappa shape index (κ3) is 4.37. The van der Waals surface area contributed by atoms with Gasteiger partial charge in [0.15, 0.2) is 0 Å². The number of hydrogen-bond acceptors (Lipinski definition) is 5. The van der Waals surface area contributed by atoms with Crippen LogP contribution in [0.1, 0.15) is 5.69 Å². The zero-order valence-electron chi connectivity index (χ0n) is 9.32. The molecule has 0 aliphatic carbocycles. The van der Waals surface area contributed by atoms with Crippen molar-refractivity contribution in [1.29, 1.82) is 0 Å². The van der Waals surface area contributed by atoms with Gasteiger partial charge in [0, 0.05) is 7.05 Å². The van der Waals surface area contributed by atoms with E-state index >= 15 is 0 Å². The number of nitrogens with zero attached hydrogens (tertiary/aromatic N) is 2. The minimum absolute atomic E-state index is 0.171. The Morgan fingerprint density at radius 2 is 2.18 bits per heavy atom. The number of amides is 1. The van der Waals surface area contributed by atoms with Crippen LogP contribution in [-0.2, 0) is 20.9 Å². The highest BCUT2D eigenvalue weighted by Crippen LogP contribution is 2.12. The molecule has 94 valence electrons. The van der Waals surface area contributed by atoms with Gasteiger partial charge in [-0.25, -0.2) is 4.79 Å². The van der Waals surface area contributed by atoms with Gasteiger partial charge in [0.2, 0.25) is 0 Å². The summed E-state index contributed by atoms with van der Waals surface area (Å²) in [6, 6.07) is 3.02. The molecule has 8 heteroatoms. The first kappa shape index (κ1) is 13.4. The molecule has 1 heterocycles. The lowest BCUT2D eigenvalue weighted by Gasteiger charge is -2.12. The maximum Gasteiger partial charge on any atom is 0.411 e. The number of anilines is 1. The van der Waals surface area contributed by atoms with Crippen molar-refractivity contribution in [3.63, 3.8) is 0 Å². The Kier molecular flexibility index (Phi) is 4.02. The second-order valence-electron chi connectivity index (χ2n) is 3.32. The molecule has 0 fully saturated rings. The van der Waals surface area contributed by atoms with Gasteiger partial charge in [-0.2, -0.15) is 8.42 Å². The maximum absolute atomic E-state index is 10.7. The van der Waals surface area contributed by atoms with Gasteiger partial charge >= 0.3 is 6.09 Å². The van der Waals surface area contributed by atoms with Crippen LogP contribution in [0.2, 0.25) is 0 Å². The summed E-state index contributed by atoms with van der Waals surface area (Å²) in [7, 11) is -2.13. The van der Waals surface area contributed by atoms with Crippen LogP contribution in [0.15, 0.2) is 18.3 Å². The zero-order valence-corrected chi connectivity index (χ0v) is 10.1. The van der Waals surface area contributed by atoms with Crippen molar-refractivity contribution in [2.24, 2.45) is 0 Å². The van der Waals surface area contributed by atoms with E-state index in [0.717, 1.165) is 11.2 Å². The lowest BCUT2D eigenvalue weighted by Crippen LogP contribution is -2.23. The van der Waals surface area contributed by atoms with Crippen molar-refractivity contribution in [1.82, 2.24) is 4.98 Å². The van der Waals surface area contributed by atoms with Crippen molar-refractivity contribution in [2.45, 2.75) is 6.61 Å². The predicted octanol–water partition coefficient (Wildman–Crippen LogP) is 0.672. The van der Waals surface area contributed by atoms with Crippen molar-refractivity contribution in [3.8, 4) is 0 Å². The quantitative estimate of drug-likeness (QED) is 0.799. The fourth-order valence-electron chi connectivity index (χ4n) is 0.978. The summed E-state index contributed by atoms with van der Waals surface area (Å²) >= 11 is 0. The van der Waals surface area contributed by atoms with Gasteiger partial charge in [-0.15, -0.1) is 0 Å². The standard InChI is InChI=1S/C9H12N2O5S/c1-11(9(12)13)8-4-3-7(10-5-8)6-16-17(2,14)15/h3-5H,6H2,1-2H3,(H,12,13). The molecular weight excluding hydrogens is 248 g/mol. The molecule has 1 N–H and O–H groups in total. The Hall–Kier alpha value is -1.67. The molecule has 0 atom stereocenters. The largest absolute Gasteiger partial charge is 0.465 e. The molecular formula is C9H12N2O5S. The van der Waals surface area contributed by atoms with Gasteiger partial charge in [0.25, 0.3) is 10.1 Å². The smallest absolute Gasteiger partial charge is 0.411 e. The molecule has 1 aromatic rings. The molecule has 0 aliphatic heterocycles. The van der Waals surface area contributed by atoms with Gasteiger partial charge in [-0.05, 0) is 12.1 Å². The molecule has 17 heavy (non-hydrogen) atoms. The highest BCUT2D eigenvalue weighted by Gasteiger charge is 2.09. The molecule has 0 aliphatic rings. The summed E-state index contributed by atoms with van der Waals surface area (Å²) in [5.41, 5.74) is 0.790. The Labute approximate surface area is 98.8 Å².